The van der Waals surface area contributed by atoms with Crippen LogP contribution in [-0.4, -0.2) is 18.4 Å². The second kappa shape index (κ2) is 2.89. The van der Waals surface area contributed by atoms with Gasteiger partial charge in [-0.25, -0.2) is 0 Å². The van der Waals surface area contributed by atoms with E-state index in [0.29, 0.717) is 18.4 Å². The van der Waals surface area contributed by atoms with Crippen molar-refractivity contribution in [3.63, 3.8) is 0 Å². The van der Waals surface area contributed by atoms with Crippen LogP contribution in [0.4, 0.5) is 0 Å². The molecule has 2 fully saturated rings. The largest absolute Gasteiger partial charge is 0.306 e. The van der Waals surface area contributed by atoms with Crippen LogP contribution >= 0.6 is 12.4 Å². The predicted molar refractivity (Wildman–Crippen MR) is 41.4 cm³/mol. The fraction of sp³-hybridized carbons (Fsp3) is 0.857. The Balaban J connectivity index is 0.000000500. The van der Waals surface area contributed by atoms with Gasteiger partial charge in [-0.15, -0.1) is 12.4 Å². The summed E-state index contributed by atoms with van der Waals surface area (Å²) in [6, 6.07) is 0.553. The van der Waals surface area contributed by atoms with E-state index in [1.165, 1.54) is 12.8 Å². The number of carbonyl (C=O) groups is 1. The van der Waals surface area contributed by atoms with Crippen LogP contribution in [0.5, 0.6) is 0 Å². The van der Waals surface area contributed by atoms with Gasteiger partial charge in [0.25, 0.3) is 0 Å². The molecule has 0 radical (unpaired) electrons. The molecular weight excluding hydrogens is 150 g/mol. The second-order valence-corrected chi connectivity index (χ2v) is 3.07. The summed E-state index contributed by atoms with van der Waals surface area (Å²) in [5.41, 5.74) is 0. The predicted octanol–water partition coefficient (Wildman–Crippen LogP) is 0.749. The Kier molecular flexibility index (Phi) is 2.32. The average molecular weight is 162 g/mol. The molecule has 10 heavy (non-hydrogen) atoms. The minimum atomic E-state index is 0. The van der Waals surface area contributed by atoms with E-state index in [2.05, 4.69) is 5.32 Å². The second-order valence-electron chi connectivity index (χ2n) is 3.07. The third-order valence-corrected chi connectivity index (χ3v) is 2.20. The number of hydrogen-bond donors (Lipinski definition) is 1. The molecule has 1 saturated carbocycles. The van der Waals surface area contributed by atoms with Crippen molar-refractivity contribution in [3.05, 3.63) is 0 Å². The number of halogens is 1. The highest BCUT2D eigenvalue weighted by Crippen LogP contribution is 2.35. The van der Waals surface area contributed by atoms with Gasteiger partial charge < -0.3 is 5.32 Å². The summed E-state index contributed by atoms with van der Waals surface area (Å²) in [4.78, 5) is 10.7. The third kappa shape index (κ3) is 1.50. The zero-order valence-corrected chi connectivity index (χ0v) is 6.62. The zero-order valence-electron chi connectivity index (χ0n) is 5.80. The fourth-order valence-corrected chi connectivity index (χ4v) is 1.47. The molecule has 1 N–H and O–H groups in total. The maximum atomic E-state index is 10.7. The van der Waals surface area contributed by atoms with Crippen LogP contribution in [0.15, 0.2) is 0 Å². The van der Waals surface area contributed by atoms with Crippen molar-refractivity contribution in [2.45, 2.75) is 25.3 Å². The van der Waals surface area contributed by atoms with Crippen LogP contribution in [0.3, 0.4) is 0 Å². The first-order chi connectivity index (χ1) is 4.36. The van der Waals surface area contributed by atoms with Crippen molar-refractivity contribution in [1.82, 2.24) is 5.32 Å². The van der Waals surface area contributed by atoms with Gasteiger partial charge in [-0.05, 0) is 18.8 Å². The first kappa shape index (κ1) is 8.02. The highest BCUT2D eigenvalue weighted by atomic mass is 35.5. The van der Waals surface area contributed by atoms with E-state index in [4.69, 9.17) is 0 Å². The Labute approximate surface area is 66.8 Å². The van der Waals surface area contributed by atoms with Crippen molar-refractivity contribution in [3.8, 4) is 0 Å². The molecule has 1 aliphatic heterocycles. The van der Waals surface area contributed by atoms with E-state index in [1.54, 1.807) is 0 Å². The molecule has 1 unspecified atom stereocenters. The van der Waals surface area contributed by atoms with Gasteiger partial charge >= 0.3 is 0 Å². The molecule has 1 heterocycles. The summed E-state index contributed by atoms with van der Waals surface area (Å²) >= 11 is 0. The zero-order chi connectivity index (χ0) is 6.27. The minimum absolute atomic E-state index is 0. The molecule has 2 aliphatic rings. The van der Waals surface area contributed by atoms with E-state index >= 15 is 0 Å². The molecule has 0 spiro atoms. The molecule has 1 aliphatic carbocycles. The lowest BCUT2D eigenvalue weighted by atomic mass is 10.1. The Hall–Kier alpha value is -0.0800. The number of ketones is 1. The smallest absolute Gasteiger partial charge is 0.148 e. The molecule has 2 nitrogen and oxygen atoms in total. The van der Waals surface area contributed by atoms with Crippen LogP contribution < -0.4 is 5.32 Å². The summed E-state index contributed by atoms with van der Waals surface area (Å²) < 4.78 is 0. The first-order valence-corrected chi connectivity index (χ1v) is 3.61. The maximum absolute atomic E-state index is 10.7. The summed E-state index contributed by atoms with van der Waals surface area (Å²) in [7, 11) is 0. The Bertz CT molecular complexity index is 145. The van der Waals surface area contributed by atoms with Gasteiger partial charge in [0.1, 0.15) is 5.78 Å². The fourth-order valence-electron chi connectivity index (χ4n) is 1.47. The lowest BCUT2D eigenvalue weighted by Crippen LogP contribution is -2.22. The monoisotopic (exact) mass is 161 g/mol. The van der Waals surface area contributed by atoms with Gasteiger partial charge in [0, 0.05) is 12.5 Å². The first-order valence-electron chi connectivity index (χ1n) is 3.61. The van der Waals surface area contributed by atoms with E-state index in [-0.39, 0.29) is 12.4 Å². The van der Waals surface area contributed by atoms with Crippen LogP contribution in [0.1, 0.15) is 19.3 Å². The van der Waals surface area contributed by atoms with E-state index in [0.717, 1.165) is 12.3 Å². The van der Waals surface area contributed by atoms with Crippen LogP contribution in [-0.2, 0) is 4.79 Å². The molecule has 0 aromatic rings. The van der Waals surface area contributed by atoms with E-state index in [1.807, 2.05) is 0 Å². The maximum Gasteiger partial charge on any atom is 0.148 e. The van der Waals surface area contributed by atoms with E-state index in [9.17, 15) is 4.79 Å². The molecule has 1 saturated heterocycles. The van der Waals surface area contributed by atoms with Gasteiger partial charge in [-0.3, -0.25) is 4.79 Å². The van der Waals surface area contributed by atoms with Gasteiger partial charge in [0.15, 0.2) is 0 Å². The Morgan fingerprint density at radius 1 is 1.40 bits per heavy atom. The molecule has 58 valence electrons. The van der Waals surface area contributed by atoms with Gasteiger partial charge in [0.2, 0.25) is 0 Å². The standard InChI is InChI=1S/C7H11NO.ClH/c9-6-3-7(8-4-6)5-1-2-5;/h5,7-8H,1-4H2;1H. The number of hydrogen-bond acceptors (Lipinski definition) is 2. The average Bonchev–Trinajstić information content (AvgIpc) is 2.58. The van der Waals surface area contributed by atoms with Crippen LogP contribution in [0, 0.1) is 5.92 Å². The highest BCUT2D eigenvalue weighted by molar-refractivity contribution is 5.85. The molecule has 0 aromatic carbocycles. The molecular formula is C7H12ClNO. The minimum Gasteiger partial charge on any atom is -0.306 e. The van der Waals surface area contributed by atoms with Crippen molar-refractivity contribution in [1.29, 1.82) is 0 Å². The van der Waals surface area contributed by atoms with Crippen molar-refractivity contribution in [2.75, 3.05) is 6.54 Å². The highest BCUT2D eigenvalue weighted by Gasteiger charge is 2.35. The summed E-state index contributed by atoms with van der Waals surface area (Å²) in [6.45, 7) is 0.626. The molecule has 0 amide bonds. The van der Waals surface area contributed by atoms with Gasteiger partial charge in [-0.2, -0.15) is 0 Å². The molecule has 2 rings (SSSR count). The number of rotatable bonds is 1. The van der Waals surface area contributed by atoms with Crippen molar-refractivity contribution in [2.24, 2.45) is 5.92 Å². The Morgan fingerprint density at radius 3 is 2.50 bits per heavy atom. The third-order valence-electron chi connectivity index (χ3n) is 2.20. The van der Waals surface area contributed by atoms with Gasteiger partial charge in [-0.1, -0.05) is 0 Å². The van der Waals surface area contributed by atoms with Crippen LogP contribution in [0.25, 0.3) is 0 Å². The lowest BCUT2D eigenvalue weighted by Gasteiger charge is -2.03. The normalized spacial score (nSPS) is 32.0. The van der Waals surface area contributed by atoms with Crippen LogP contribution in [0.2, 0.25) is 0 Å². The number of nitrogens with one attached hydrogen (secondary N) is 1. The SMILES string of the molecule is Cl.O=C1CNC(C2CC2)C1. The van der Waals surface area contributed by atoms with Crippen molar-refractivity contribution >= 4 is 18.2 Å². The summed E-state index contributed by atoms with van der Waals surface area (Å²) in [6.07, 6.45) is 3.47. The Morgan fingerprint density at radius 2 is 2.10 bits per heavy atom. The molecule has 3 heteroatoms. The topological polar surface area (TPSA) is 29.1 Å². The summed E-state index contributed by atoms with van der Waals surface area (Å²) in [5.74, 6) is 1.24. The summed E-state index contributed by atoms with van der Waals surface area (Å²) in [5, 5.41) is 3.22. The number of Topliss-reactive ketones (excluding diaryl/α,β-unsaturated/α-hetero) is 1. The van der Waals surface area contributed by atoms with Crippen molar-refractivity contribution < 1.29 is 4.79 Å². The lowest BCUT2D eigenvalue weighted by molar-refractivity contribution is -0.116. The molecule has 0 aromatic heterocycles. The molecule has 1 atom stereocenters. The molecule has 0 bridgehead atoms. The number of carbonyl (C=O) groups excluding carboxylic acids is 1. The van der Waals surface area contributed by atoms with E-state index < -0.39 is 0 Å². The quantitative estimate of drug-likeness (QED) is 0.615. The van der Waals surface area contributed by atoms with Gasteiger partial charge in [0.05, 0.1) is 6.54 Å².